The van der Waals surface area contributed by atoms with Crippen LogP contribution in [0.2, 0.25) is 0 Å². The zero-order chi connectivity index (χ0) is 25.4. The predicted molar refractivity (Wildman–Crippen MR) is 142 cm³/mol. The van der Waals surface area contributed by atoms with Gasteiger partial charge in [0.2, 0.25) is 0 Å². The van der Waals surface area contributed by atoms with Crippen LogP contribution in [0, 0.1) is 5.82 Å². The fourth-order valence-corrected chi connectivity index (χ4v) is 4.50. The van der Waals surface area contributed by atoms with Crippen molar-refractivity contribution in [2.75, 3.05) is 40.3 Å². The first-order valence-electron chi connectivity index (χ1n) is 12.2. The maximum absolute atomic E-state index is 14.5. The number of likely N-dealkylation sites (N-methyl/N-ethyl adjacent to an activating group) is 1. The van der Waals surface area contributed by atoms with Crippen LogP contribution in [-0.4, -0.2) is 75.4 Å². The van der Waals surface area contributed by atoms with Crippen molar-refractivity contribution in [3.63, 3.8) is 0 Å². The minimum atomic E-state index is -0.382. The predicted octanol–water partition coefficient (Wildman–Crippen LogP) is 4.02. The highest BCUT2D eigenvalue weighted by Gasteiger charge is 2.18. The summed E-state index contributed by atoms with van der Waals surface area (Å²) in [6.07, 6.45) is 6.50. The van der Waals surface area contributed by atoms with Gasteiger partial charge in [-0.1, -0.05) is 6.08 Å². The third-order valence-corrected chi connectivity index (χ3v) is 6.41. The number of halogens is 1. The second-order valence-corrected chi connectivity index (χ2v) is 9.34. The summed E-state index contributed by atoms with van der Waals surface area (Å²) < 4.78 is 20.3. The van der Waals surface area contributed by atoms with Gasteiger partial charge in [0.1, 0.15) is 23.7 Å². The number of aromatic nitrogens is 6. The number of hydrogen-bond donors (Lipinski definition) is 3. The number of imidazole rings is 1. The van der Waals surface area contributed by atoms with E-state index in [2.05, 4.69) is 31.6 Å². The second-order valence-electron chi connectivity index (χ2n) is 9.34. The van der Waals surface area contributed by atoms with Gasteiger partial charge in [-0.3, -0.25) is 10.1 Å². The van der Waals surface area contributed by atoms with Crippen molar-refractivity contribution in [3.05, 3.63) is 60.3 Å². The standard InChI is InChI=1S/C27H27FN8O/c1-36(2)9-10-37-19-12-17(11-18(28)13-19)20-14-30-15-23-24(20)33-27(32-23)26-25-22(34-35-26)4-3-21(31-25)16-5-7-29-8-6-16/h3-5,11-15,29H,6-10H2,1-2H3,(H,32,33)(H,34,35). The molecule has 0 amide bonds. The number of nitrogens with zero attached hydrogens (tertiary/aromatic N) is 5. The molecular formula is C27H27FN8O. The Kier molecular flexibility index (Phi) is 6.11. The molecule has 0 spiro atoms. The van der Waals surface area contributed by atoms with Gasteiger partial charge in [0.15, 0.2) is 11.5 Å². The fraction of sp³-hybridized carbons (Fsp3) is 0.259. The maximum Gasteiger partial charge on any atom is 0.161 e. The van der Waals surface area contributed by atoms with E-state index in [0.29, 0.717) is 40.5 Å². The fourth-order valence-electron chi connectivity index (χ4n) is 4.50. The number of nitrogens with one attached hydrogen (secondary N) is 3. The molecule has 10 heteroatoms. The average Bonchev–Trinajstić information content (AvgIpc) is 3.52. The zero-order valence-electron chi connectivity index (χ0n) is 20.7. The molecule has 4 aromatic heterocycles. The Morgan fingerprint density at radius 3 is 2.81 bits per heavy atom. The van der Waals surface area contributed by atoms with Crippen molar-refractivity contribution in [3.8, 4) is 28.4 Å². The van der Waals surface area contributed by atoms with Gasteiger partial charge in [-0.2, -0.15) is 5.10 Å². The molecule has 0 unspecified atom stereocenters. The number of fused-ring (bicyclic) bond motifs is 2. The lowest BCUT2D eigenvalue weighted by atomic mass is 10.1. The monoisotopic (exact) mass is 498 g/mol. The van der Waals surface area contributed by atoms with E-state index in [4.69, 9.17) is 14.7 Å². The third-order valence-electron chi connectivity index (χ3n) is 6.41. The molecule has 0 fully saturated rings. The molecule has 6 rings (SSSR count). The number of benzene rings is 1. The van der Waals surface area contributed by atoms with Gasteiger partial charge in [-0.25, -0.2) is 14.4 Å². The van der Waals surface area contributed by atoms with Crippen LogP contribution in [0.1, 0.15) is 12.1 Å². The number of hydrogen-bond acceptors (Lipinski definition) is 7. The van der Waals surface area contributed by atoms with Gasteiger partial charge < -0.3 is 19.9 Å². The van der Waals surface area contributed by atoms with Gasteiger partial charge in [0.25, 0.3) is 0 Å². The maximum atomic E-state index is 14.5. The number of pyridine rings is 2. The highest BCUT2D eigenvalue weighted by Crippen LogP contribution is 2.33. The molecule has 1 aliphatic rings. The van der Waals surface area contributed by atoms with Crippen molar-refractivity contribution >= 4 is 27.6 Å². The minimum Gasteiger partial charge on any atom is -0.492 e. The molecule has 0 saturated heterocycles. The van der Waals surface area contributed by atoms with E-state index >= 15 is 0 Å². The van der Waals surface area contributed by atoms with Gasteiger partial charge in [-0.15, -0.1) is 0 Å². The number of aromatic amines is 2. The van der Waals surface area contributed by atoms with Crippen molar-refractivity contribution in [1.29, 1.82) is 0 Å². The van der Waals surface area contributed by atoms with E-state index in [9.17, 15) is 4.39 Å². The first-order chi connectivity index (χ1) is 18.0. The molecule has 5 aromatic rings. The molecule has 3 N–H and O–H groups in total. The first kappa shape index (κ1) is 23.3. The van der Waals surface area contributed by atoms with E-state index in [0.717, 1.165) is 48.3 Å². The normalized spacial score (nSPS) is 14.0. The van der Waals surface area contributed by atoms with Crippen LogP contribution in [-0.2, 0) is 0 Å². The summed E-state index contributed by atoms with van der Waals surface area (Å²) in [5, 5.41) is 10.9. The minimum absolute atomic E-state index is 0.382. The zero-order valence-corrected chi connectivity index (χ0v) is 20.7. The average molecular weight is 499 g/mol. The Morgan fingerprint density at radius 1 is 1.05 bits per heavy atom. The molecule has 0 atom stereocenters. The SMILES string of the molecule is CN(C)CCOc1cc(F)cc(-c2cncc3[nH]c(-c4n[nH]c5ccc(C6=CCNCC6)nc45)nc23)c1. The molecule has 9 nitrogen and oxygen atoms in total. The molecule has 0 saturated carbocycles. The van der Waals surface area contributed by atoms with E-state index in [1.165, 1.54) is 17.7 Å². The van der Waals surface area contributed by atoms with Crippen LogP contribution in [0.5, 0.6) is 5.75 Å². The highest BCUT2D eigenvalue weighted by atomic mass is 19.1. The van der Waals surface area contributed by atoms with Crippen molar-refractivity contribution in [2.45, 2.75) is 6.42 Å². The molecule has 37 heavy (non-hydrogen) atoms. The van der Waals surface area contributed by atoms with Crippen LogP contribution >= 0.6 is 0 Å². The summed E-state index contributed by atoms with van der Waals surface area (Å²) >= 11 is 0. The lowest BCUT2D eigenvalue weighted by Gasteiger charge is -2.13. The van der Waals surface area contributed by atoms with E-state index in [1.54, 1.807) is 12.4 Å². The first-order valence-corrected chi connectivity index (χ1v) is 12.2. The summed E-state index contributed by atoms with van der Waals surface area (Å²) in [5.41, 5.74) is 7.09. The quantitative estimate of drug-likeness (QED) is 0.311. The van der Waals surface area contributed by atoms with Crippen LogP contribution in [0.15, 0.2) is 48.8 Å². The van der Waals surface area contributed by atoms with E-state index in [1.807, 2.05) is 37.2 Å². The summed E-state index contributed by atoms with van der Waals surface area (Å²) in [5.74, 6) is 0.650. The van der Waals surface area contributed by atoms with Gasteiger partial charge in [0.05, 0.1) is 28.4 Å². The molecular weight excluding hydrogens is 471 g/mol. The lowest BCUT2D eigenvalue weighted by molar-refractivity contribution is 0.260. The van der Waals surface area contributed by atoms with Crippen LogP contribution < -0.4 is 10.1 Å². The van der Waals surface area contributed by atoms with Gasteiger partial charge >= 0.3 is 0 Å². The van der Waals surface area contributed by atoms with Crippen molar-refractivity contribution in [1.82, 2.24) is 40.3 Å². The van der Waals surface area contributed by atoms with E-state index < -0.39 is 0 Å². The van der Waals surface area contributed by atoms with Crippen LogP contribution in [0.25, 0.3) is 50.3 Å². The summed E-state index contributed by atoms with van der Waals surface area (Å²) in [6.45, 7) is 2.97. The van der Waals surface area contributed by atoms with Crippen LogP contribution in [0.4, 0.5) is 4.39 Å². The molecule has 1 aliphatic heterocycles. The summed E-state index contributed by atoms with van der Waals surface area (Å²) in [7, 11) is 3.93. The Hall–Kier alpha value is -4.15. The highest BCUT2D eigenvalue weighted by molar-refractivity contribution is 5.95. The largest absolute Gasteiger partial charge is 0.492 e. The number of H-pyrrole nitrogens is 2. The molecule has 1 aromatic carbocycles. The molecule has 0 radical (unpaired) electrons. The Morgan fingerprint density at radius 2 is 1.97 bits per heavy atom. The topological polar surface area (TPSA) is 108 Å². The van der Waals surface area contributed by atoms with E-state index in [-0.39, 0.29) is 5.82 Å². The second kappa shape index (κ2) is 9.72. The smallest absolute Gasteiger partial charge is 0.161 e. The number of rotatable bonds is 7. The van der Waals surface area contributed by atoms with Gasteiger partial charge in [-0.05, 0) is 62.5 Å². The third kappa shape index (κ3) is 4.68. The summed E-state index contributed by atoms with van der Waals surface area (Å²) in [4.78, 5) is 19.5. The lowest BCUT2D eigenvalue weighted by Crippen LogP contribution is -2.20. The van der Waals surface area contributed by atoms with Crippen molar-refractivity contribution < 1.29 is 9.13 Å². The molecule has 0 aliphatic carbocycles. The number of ether oxygens (including phenoxy) is 1. The Balaban J connectivity index is 1.39. The molecule has 188 valence electrons. The van der Waals surface area contributed by atoms with Gasteiger partial charge in [0, 0.05) is 30.9 Å². The molecule has 5 heterocycles. The van der Waals surface area contributed by atoms with Crippen molar-refractivity contribution in [2.24, 2.45) is 0 Å². The van der Waals surface area contributed by atoms with Crippen LogP contribution in [0.3, 0.4) is 0 Å². The molecule has 0 bridgehead atoms. The summed E-state index contributed by atoms with van der Waals surface area (Å²) in [6, 6.07) is 8.68. The Bertz CT molecular complexity index is 1620. The Labute approximate surface area is 212 Å².